The normalized spacial score (nSPS) is 15.7. The number of aryl methyl sites for hydroxylation is 1. The number of para-hydroxylation sites is 1. The molecule has 34 nitrogen and oxygen atoms in total. The van der Waals surface area contributed by atoms with E-state index in [2.05, 4.69) is 91.6 Å². The minimum Gasteiger partial charge on any atom is -0.481 e. The summed E-state index contributed by atoms with van der Waals surface area (Å²) < 4.78 is 44.3. The van der Waals surface area contributed by atoms with Gasteiger partial charge >= 0.3 is 23.9 Å². The van der Waals surface area contributed by atoms with Crippen molar-refractivity contribution >= 4 is 116 Å². The van der Waals surface area contributed by atoms with Gasteiger partial charge in [0, 0.05) is 213 Å². The molecule has 781 valence electrons. The number of esters is 3. The molecular formula is C102H157ILuN10O24. The molecule has 1 fully saturated rings. The molecule has 1 radical (unpaired) electrons. The number of benzene rings is 3. The van der Waals surface area contributed by atoms with Crippen LogP contribution in [0.5, 0.6) is 0 Å². The number of fused-ring (bicyclic) bond motifs is 4. The maximum absolute atomic E-state index is 14.4. The molecule has 2 heterocycles. The Kier molecular flexibility index (Phi) is 61.7. The number of carboxylic acid groups (broad SMARTS) is 1. The zero-order chi connectivity index (χ0) is 99.5. The molecule has 0 spiro atoms. The van der Waals surface area contributed by atoms with Crippen molar-refractivity contribution in [2.45, 2.75) is 245 Å². The van der Waals surface area contributed by atoms with Crippen LogP contribution >= 0.6 is 22.6 Å². The average molecular weight is 2210 g/mol. The van der Waals surface area contributed by atoms with Crippen molar-refractivity contribution in [1.29, 1.82) is 0 Å². The predicted molar refractivity (Wildman–Crippen MR) is 528 cm³/mol. The molecule has 138 heavy (non-hydrogen) atoms. The summed E-state index contributed by atoms with van der Waals surface area (Å²) in [7, 11) is 4.01. The number of allylic oxidation sites excluding steroid dienone is 2. The van der Waals surface area contributed by atoms with Crippen molar-refractivity contribution in [3.8, 4) is 0 Å². The summed E-state index contributed by atoms with van der Waals surface area (Å²) in [5.41, 5.74) is 7.57. The zero-order valence-corrected chi connectivity index (χ0v) is 86.4. The molecular weight excluding hydrogens is 2050 g/mol. The molecule has 3 aliphatic rings. The van der Waals surface area contributed by atoms with Gasteiger partial charge in [-0.05, 0) is 197 Å². The van der Waals surface area contributed by atoms with Crippen LogP contribution in [0.4, 0.5) is 5.69 Å². The standard InChI is InChI=1S/C102H157IN10O24.Lu/c1-8-22-75(2)69-102(128,129)137-59-20-24-76(3)107-93(119)44-38-81(101(126)127)68-85(115)28-10-9-16-47-105-92(118)43-37-80(100(125)108-77(4)23-15-17-48-104-91(117)33-18-25-78-34-39-83(103)40-35-78)67-86(116)46-60-134-62-64-136-66-65-135-63-61-133-58-21-29-84(114)41-45-95(121)113-70-82-26-11-12-30-87(82)99-79(36-42-89(99)88-31-13-14-32-90(88)113)27-19-49-106-94(120)71-109-50-52-110(72-96(122)130-5)54-56-112(74-98(124)132-7)57-55-111(53-51-109)73-97(123)131-6;/h11-14,26,30-32,34-35,39-40,75-77,79-81,128-129H,8-10,15-25,27-29,33,36-38,41-74H2,1-7H3,(H,104,117)(H,105,118)(H,106,120)(H,107,119)(H,108,125)(H,126,127);/t75?,76?,77?,79?,80?,81-;/m1./s1. The fraction of sp³-hybridized carbons (Fsp3) is 0.676. The van der Waals surface area contributed by atoms with E-state index in [4.69, 9.17) is 37.9 Å². The van der Waals surface area contributed by atoms with Crippen LogP contribution in [0.3, 0.4) is 0 Å². The van der Waals surface area contributed by atoms with Gasteiger partial charge in [0.05, 0.1) is 119 Å². The summed E-state index contributed by atoms with van der Waals surface area (Å²) in [5, 5.41) is 45.1. The Balaban J connectivity index is 0.0000336. The Morgan fingerprint density at radius 3 is 1.59 bits per heavy atom. The number of ether oxygens (including phenoxy) is 8. The summed E-state index contributed by atoms with van der Waals surface area (Å²) in [6.45, 7) is 15.2. The molecule has 6 amide bonds. The van der Waals surface area contributed by atoms with Crippen molar-refractivity contribution in [3.05, 3.63) is 98.6 Å². The number of aliphatic carboxylic acids is 1. The quantitative estimate of drug-likeness (QED) is 0.00856. The zero-order valence-electron chi connectivity index (χ0n) is 82.6. The Labute approximate surface area is 859 Å². The van der Waals surface area contributed by atoms with Crippen LogP contribution in [0.2, 0.25) is 0 Å². The van der Waals surface area contributed by atoms with Gasteiger partial charge in [-0.15, -0.1) is 0 Å². The number of anilines is 1. The number of amides is 6. The number of carbonyl (C=O) groups excluding carboxylic acids is 12. The van der Waals surface area contributed by atoms with Gasteiger partial charge in [0.15, 0.2) is 0 Å². The van der Waals surface area contributed by atoms with Crippen LogP contribution in [0, 0.1) is 64.1 Å². The van der Waals surface area contributed by atoms with Crippen molar-refractivity contribution in [2.24, 2.45) is 23.7 Å². The molecule has 1 aliphatic carbocycles. The van der Waals surface area contributed by atoms with E-state index in [-0.39, 0.29) is 250 Å². The molecule has 1 saturated heterocycles. The molecule has 8 N–H and O–H groups in total. The van der Waals surface area contributed by atoms with Gasteiger partial charge in [-0.25, -0.2) is 0 Å². The third-order valence-electron chi connectivity index (χ3n) is 25.1. The van der Waals surface area contributed by atoms with Gasteiger partial charge in [-0.3, -0.25) is 81.9 Å². The second kappa shape index (κ2) is 70.3. The number of aliphatic hydroxyl groups is 2. The van der Waals surface area contributed by atoms with Crippen LogP contribution in [0.15, 0.2) is 72.8 Å². The third-order valence-corrected chi connectivity index (χ3v) is 25.8. The Morgan fingerprint density at radius 1 is 0.471 bits per heavy atom. The minimum atomic E-state index is -2.22. The van der Waals surface area contributed by atoms with E-state index in [1.165, 1.54) is 38.0 Å². The summed E-state index contributed by atoms with van der Waals surface area (Å²) >= 11 is 2.26. The van der Waals surface area contributed by atoms with E-state index in [9.17, 15) is 77.6 Å². The average Bonchev–Trinajstić information content (AvgIpc) is 1.56. The van der Waals surface area contributed by atoms with Gasteiger partial charge in [0.25, 0.3) is 5.97 Å². The number of Topliss-reactive ketones (excluding diaryl/α,β-unsaturated/α-hetero) is 3. The topological polar surface area (TPSA) is 433 Å². The van der Waals surface area contributed by atoms with Gasteiger partial charge in [0.1, 0.15) is 17.3 Å². The Morgan fingerprint density at radius 2 is 0.978 bits per heavy atom. The van der Waals surface area contributed by atoms with E-state index in [1.807, 2.05) is 75.6 Å². The number of hydrogen-bond acceptors (Lipinski definition) is 27. The number of carbonyl (C=O) groups is 13. The number of carboxylic acids is 1. The minimum absolute atomic E-state index is 0. The van der Waals surface area contributed by atoms with Gasteiger partial charge < -0.3 is 84.7 Å². The number of hydrogen-bond donors (Lipinski definition) is 8. The van der Waals surface area contributed by atoms with Crippen molar-refractivity contribution in [3.63, 3.8) is 0 Å². The number of nitrogens with one attached hydrogen (secondary N) is 5. The van der Waals surface area contributed by atoms with E-state index in [0.717, 1.165) is 83.7 Å². The Hall–Kier alpha value is -7.37. The number of methoxy groups -OCH3 is 3. The number of ketones is 3. The first-order chi connectivity index (χ1) is 65.9. The van der Waals surface area contributed by atoms with Crippen molar-refractivity contribution in [1.82, 2.24) is 46.2 Å². The maximum atomic E-state index is 14.4. The third kappa shape index (κ3) is 51.0. The van der Waals surface area contributed by atoms with E-state index in [1.54, 1.807) is 6.92 Å². The van der Waals surface area contributed by atoms with Crippen molar-refractivity contribution < 1.29 is 152 Å². The fourth-order valence-electron chi connectivity index (χ4n) is 17.3. The summed E-state index contributed by atoms with van der Waals surface area (Å²) in [5.74, 6) is -7.86. The summed E-state index contributed by atoms with van der Waals surface area (Å²) in [4.78, 5) is 179. The van der Waals surface area contributed by atoms with Crippen LogP contribution in [0.25, 0.3) is 11.1 Å². The van der Waals surface area contributed by atoms with Crippen LogP contribution < -0.4 is 31.5 Å². The largest absolute Gasteiger partial charge is 0.481 e. The fourth-order valence-corrected chi connectivity index (χ4v) is 17.7. The SMILES string of the molecule is CCCC(C)CC(O)(O)OCCCC(C)NC(=O)CC[C@H](CC(=O)CCCCCNC(=O)CCC(CC(=O)CCOCCOCCOCCOCCCC(=O)CCC(=O)N1Cc2ccccc2C2=C(CCC2CCCNC(=O)CN2CCN(CC(=O)OC)CCN(CC(=O)OC)CCN(CC(=O)OC)CC2)c2ccccc21)C(=O)NC(C)CCCCNC(=O)CCCc1ccc(I)cc1)C(=O)O.[Lu]. The molecule has 36 heteroatoms. The smallest absolute Gasteiger partial charge is 0.319 e. The maximum Gasteiger partial charge on any atom is 0.319 e. The van der Waals surface area contributed by atoms with Crippen LogP contribution in [-0.2, 0) is 113 Å². The monoisotopic (exact) mass is 2210 g/mol. The number of halogens is 1. The number of rotatable bonds is 69. The molecule has 3 aromatic carbocycles. The molecule has 0 bridgehead atoms. The second-order valence-electron chi connectivity index (χ2n) is 36.4. The second-order valence-corrected chi connectivity index (χ2v) is 37.7. The van der Waals surface area contributed by atoms with E-state index >= 15 is 0 Å². The first kappa shape index (κ1) is 121. The van der Waals surface area contributed by atoms with Crippen LogP contribution in [0.1, 0.15) is 236 Å². The molecule has 6 rings (SSSR count). The predicted octanol–water partition coefficient (Wildman–Crippen LogP) is 9.73. The van der Waals surface area contributed by atoms with E-state index in [0.29, 0.717) is 163 Å². The molecule has 5 unspecified atom stereocenters. The molecule has 2 aliphatic heterocycles. The molecule has 3 aromatic rings. The summed E-state index contributed by atoms with van der Waals surface area (Å²) in [6, 6.07) is 24.0. The first-order valence-electron chi connectivity index (χ1n) is 49.6. The van der Waals surface area contributed by atoms with Gasteiger partial charge in [-0.2, -0.15) is 0 Å². The van der Waals surface area contributed by atoms with Gasteiger partial charge in [-0.1, -0.05) is 87.7 Å². The molecule has 0 saturated carbocycles. The van der Waals surface area contributed by atoms with Gasteiger partial charge in [0.2, 0.25) is 35.4 Å². The summed E-state index contributed by atoms with van der Waals surface area (Å²) in [6.07, 6.45) is 12.5. The first-order valence-corrected chi connectivity index (χ1v) is 50.7. The van der Waals surface area contributed by atoms with E-state index < -0.39 is 41.7 Å². The number of unbranched alkanes of at least 4 members (excludes halogenated alkanes) is 3. The Bertz CT molecular complexity index is 4190. The number of nitrogens with zero attached hydrogens (tertiary/aromatic N) is 5. The molecule has 0 aromatic heterocycles. The van der Waals surface area contributed by atoms with Crippen LogP contribution in [-0.4, -0.2) is 309 Å². The molecule has 6 atom stereocenters. The van der Waals surface area contributed by atoms with Crippen molar-refractivity contribution in [2.75, 3.05) is 184 Å².